The number of rotatable bonds is 6. The molecule has 0 radical (unpaired) electrons. The van der Waals surface area contributed by atoms with Crippen LogP contribution >= 0.6 is 0 Å². The van der Waals surface area contributed by atoms with Gasteiger partial charge in [0.15, 0.2) is 18.1 Å². The molecule has 0 aromatic heterocycles. The van der Waals surface area contributed by atoms with E-state index in [4.69, 9.17) is 4.74 Å². The number of ketones is 2. The first-order valence-corrected chi connectivity index (χ1v) is 12.6. The Bertz CT molecular complexity index is 957. The highest BCUT2D eigenvalue weighted by molar-refractivity contribution is 6.04. The minimum absolute atomic E-state index is 0.0840. The number of hydrogen-bond acceptors (Lipinski definition) is 5. The summed E-state index contributed by atoms with van der Waals surface area (Å²) in [5, 5.41) is 11.5. The number of fused-ring (bicyclic) bond motifs is 5. The number of aliphatic hydroxyl groups excluding tert-OH is 1. The third-order valence-corrected chi connectivity index (χ3v) is 9.67. The summed E-state index contributed by atoms with van der Waals surface area (Å²) in [7, 11) is 0. The van der Waals surface area contributed by atoms with Crippen LogP contribution in [0, 0.1) is 34.5 Å². The molecular weight excluding hydrogens is 442 g/mol. The molecule has 8 atom stereocenters. The van der Waals surface area contributed by atoms with E-state index in [1.807, 2.05) is 27.7 Å². The molecule has 34 heavy (non-hydrogen) atoms. The van der Waals surface area contributed by atoms with E-state index in [0.717, 1.165) is 6.42 Å². The molecule has 0 spiro atoms. The SMILES string of the molecule is CCCCC(=O)O[C@]1(C(=O)CF)[C@@H](C)C[C@H]2[C@@H]3CCC4=C(F)C(=O)C=C[C@]4(C)[C@H]3[C@@H](O)C[C@@]21C. The second kappa shape index (κ2) is 8.65. The van der Waals surface area contributed by atoms with Crippen molar-refractivity contribution in [3.63, 3.8) is 0 Å². The summed E-state index contributed by atoms with van der Waals surface area (Å²) in [5.41, 5.74) is -2.95. The van der Waals surface area contributed by atoms with Crippen LogP contribution in [-0.2, 0) is 19.1 Å². The molecule has 1 N–H and O–H groups in total. The highest BCUT2D eigenvalue weighted by Crippen LogP contribution is 2.69. The molecule has 7 heteroatoms. The van der Waals surface area contributed by atoms with Crippen LogP contribution in [0.15, 0.2) is 23.6 Å². The molecule has 188 valence electrons. The zero-order valence-electron chi connectivity index (χ0n) is 20.5. The lowest BCUT2D eigenvalue weighted by Crippen LogP contribution is -2.64. The van der Waals surface area contributed by atoms with E-state index in [-0.39, 0.29) is 30.6 Å². The predicted octanol–water partition coefficient (Wildman–Crippen LogP) is 4.82. The van der Waals surface area contributed by atoms with Crippen molar-refractivity contribution in [2.45, 2.75) is 84.3 Å². The minimum atomic E-state index is -1.64. The van der Waals surface area contributed by atoms with Gasteiger partial charge in [-0.3, -0.25) is 14.4 Å². The summed E-state index contributed by atoms with van der Waals surface area (Å²) < 4.78 is 34.8. The second-order valence-electron chi connectivity index (χ2n) is 11.3. The van der Waals surface area contributed by atoms with E-state index < -0.39 is 58.5 Å². The Labute approximate surface area is 200 Å². The Balaban J connectivity index is 1.77. The number of carbonyl (C=O) groups excluding carboxylic acids is 3. The van der Waals surface area contributed by atoms with E-state index in [0.29, 0.717) is 31.3 Å². The van der Waals surface area contributed by atoms with Gasteiger partial charge in [0.05, 0.1) is 6.10 Å². The van der Waals surface area contributed by atoms with Crippen molar-refractivity contribution in [1.29, 1.82) is 0 Å². The van der Waals surface area contributed by atoms with Gasteiger partial charge in [0, 0.05) is 29.1 Å². The minimum Gasteiger partial charge on any atom is -0.450 e. The first-order valence-electron chi connectivity index (χ1n) is 12.6. The fourth-order valence-electron chi connectivity index (χ4n) is 8.25. The van der Waals surface area contributed by atoms with Crippen LogP contribution in [0.4, 0.5) is 8.78 Å². The molecule has 0 heterocycles. The molecule has 0 saturated heterocycles. The van der Waals surface area contributed by atoms with E-state index >= 15 is 0 Å². The molecule has 3 saturated carbocycles. The van der Waals surface area contributed by atoms with Gasteiger partial charge in [-0.1, -0.05) is 40.2 Å². The van der Waals surface area contributed by atoms with Crippen molar-refractivity contribution in [1.82, 2.24) is 0 Å². The van der Waals surface area contributed by atoms with Crippen molar-refractivity contribution < 1.29 is 33.0 Å². The Kier molecular flexibility index (Phi) is 6.41. The number of allylic oxidation sites excluding steroid dienone is 4. The topological polar surface area (TPSA) is 80.7 Å². The van der Waals surface area contributed by atoms with Gasteiger partial charge < -0.3 is 9.84 Å². The third-order valence-electron chi connectivity index (χ3n) is 9.67. The van der Waals surface area contributed by atoms with Gasteiger partial charge in [-0.2, -0.15) is 0 Å². The lowest BCUT2D eigenvalue weighted by Gasteiger charge is -2.59. The molecular formula is C27H36F2O5. The Hall–Kier alpha value is -1.89. The van der Waals surface area contributed by atoms with Gasteiger partial charge in [0.1, 0.15) is 0 Å². The summed E-state index contributed by atoms with van der Waals surface area (Å²) in [5.74, 6) is -3.56. The van der Waals surface area contributed by atoms with E-state index in [1.165, 1.54) is 6.08 Å². The molecule has 4 rings (SSSR count). The number of Topliss-reactive ketones (excluding diaryl/α,β-unsaturated/α-hetero) is 1. The number of carbonyl (C=O) groups is 3. The monoisotopic (exact) mass is 478 g/mol. The summed E-state index contributed by atoms with van der Waals surface area (Å²) in [4.78, 5) is 38.0. The highest BCUT2D eigenvalue weighted by atomic mass is 19.1. The number of halogens is 2. The summed E-state index contributed by atoms with van der Waals surface area (Å²) in [6, 6.07) is 0. The van der Waals surface area contributed by atoms with Crippen LogP contribution in [0.1, 0.15) is 72.6 Å². The van der Waals surface area contributed by atoms with E-state index in [9.17, 15) is 28.3 Å². The van der Waals surface area contributed by atoms with Crippen molar-refractivity contribution in [3.05, 3.63) is 23.6 Å². The van der Waals surface area contributed by atoms with E-state index in [2.05, 4.69) is 0 Å². The van der Waals surface area contributed by atoms with Crippen molar-refractivity contribution >= 4 is 17.5 Å². The van der Waals surface area contributed by atoms with E-state index in [1.54, 1.807) is 6.08 Å². The molecule has 0 bridgehead atoms. The van der Waals surface area contributed by atoms with Gasteiger partial charge >= 0.3 is 5.97 Å². The number of alkyl halides is 1. The molecule has 0 aromatic carbocycles. The maximum atomic E-state index is 14.8. The Morgan fingerprint density at radius 3 is 2.65 bits per heavy atom. The van der Waals surface area contributed by atoms with Gasteiger partial charge in [-0.25, -0.2) is 8.78 Å². The summed E-state index contributed by atoms with van der Waals surface area (Å²) in [6.45, 7) is 6.27. The van der Waals surface area contributed by atoms with Crippen LogP contribution in [0.3, 0.4) is 0 Å². The molecule has 0 unspecified atom stereocenters. The number of ether oxygens (including phenoxy) is 1. The van der Waals surface area contributed by atoms with Crippen LogP contribution in [0.2, 0.25) is 0 Å². The fourth-order valence-corrected chi connectivity index (χ4v) is 8.25. The Morgan fingerprint density at radius 2 is 2.00 bits per heavy atom. The van der Waals surface area contributed by atoms with Crippen LogP contribution in [0.25, 0.3) is 0 Å². The molecule has 0 amide bonds. The zero-order valence-corrected chi connectivity index (χ0v) is 20.5. The highest BCUT2D eigenvalue weighted by Gasteiger charge is 2.73. The molecule has 4 aliphatic rings. The molecule has 0 aliphatic heterocycles. The maximum Gasteiger partial charge on any atom is 0.306 e. The van der Waals surface area contributed by atoms with Crippen LogP contribution in [0.5, 0.6) is 0 Å². The smallest absolute Gasteiger partial charge is 0.306 e. The van der Waals surface area contributed by atoms with Crippen molar-refractivity contribution in [3.8, 4) is 0 Å². The molecule has 0 aromatic rings. The number of unbranched alkanes of at least 4 members (excludes halogenated alkanes) is 1. The van der Waals surface area contributed by atoms with Crippen LogP contribution in [-0.4, -0.2) is 41.0 Å². The normalized spacial score (nSPS) is 43.3. The zero-order chi connectivity index (χ0) is 25.1. The number of esters is 1. The lowest BCUT2D eigenvalue weighted by molar-refractivity contribution is -0.204. The quantitative estimate of drug-likeness (QED) is 0.554. The number of aliphatic hydroxyl groups is 1. The van der Waals surface area contributed by atoms with Crippen molar-refractivity contribution in [2.24, 2.45) is 34.5 Å². The average Bonchev–Trinajstić information content (AvgIpc) is 3.01. The third kappa shape index (κ3) is 3.29. The summed E-state index contributed by atoms with van der Waals surface area (Å²) in [6.07, 6.45) is 5.24. The standard InChI is InChI=1S/C27H36F2O5/c1-5-6-7-22(33)34-27(21(32)14-28)15(2)12-18-16-8-9-17-24(29)19(30)10-11-25(17,3)23(16)20(31)13-26(18,27)4/h10-11,15-16,18,20,23,31H,5-9,12-14H2,1-4H3/t15-,16-,18-,20-,23+,25-,26-,27-/m0/s1. The van der Waals surface area contributed by atoms with Gasteiger partial charge in [0.2, 0.25) is 11.6 Å². The van der Waals surface area contributed by atoms with Gasteiger partial charge in [-0.15, -0.1) is 0 Å². The maximum absolute atomic E-state index is 14.8. The lowest BCUT2D eigenvalue weighted by atomic mass is 9.46. The largest absolute Gasteiger partial charge is 0.450 e. The first-order chi connectivity index (χ1) is 16.0. The van der Waals surface area contributed by atoms with Gasteiger partial charge in [-0.05, 0) is 55.6 Å². The van der Waals surface area contributed by atoms with Crippen LogP contribution < -0.4 is 0 Å². The second-order valence-corrected chi connectivity index (χ2v) is 11.3. The fraction of sp³-hybridized carbons (Fsp3) is 0.741. The average molecular weight is 479 g/mol. The predicted molar refractivity (Wildman–Crippen MR) is 122 cm³/mol. The first kappa shape index (κ1) is 25.2. The molecule has 4 aliphatic carbocycles. The van der Waals surface area contributed by atoms with Gasteiger partial charge in [0.25, 0.3) is 0 Å². The Morgan fingerprint density at radius 1 is 1.29 bits per heavy atom. The molecule has 5 nitrogen and oxygen atoms in total. The molecule has 3 fully saturated rings. The summed E-state index contributed by atoms with van der Waals surface area (Å²) >= 11 is 0. The number of hydrogen-bond donors (Lipinski definition) is 1. The van der Waals surface area contributed by atoms with Crippen molar-refractivity contribution in [2.75, 3.05) is 6.67 Å².